The summed E-state index contributed by atoms with van der Waals surface area (Å²) in [5.41, 5.74) is 0.706. The maximum atomic E-state index is 12.9. The number of hydrogen-bond donors (Lipinski definition) is 2. The third-order valence-corrected chi connectivity index (χ3v) is 5.87. The highest BCUT2D eigenvalue weighted by Crippen LogP contribution is 2.32. The quantitative estimate of drug-likeness (QED) is 0.814. The van der Waals surface area contributed by atoms with E-state index in [1.807, 2.05) is 0 Å². The molecule has 7 nitrogen and oxygen atoms in total. The van der Waals surface area contributed by atoms with E-state index in [4.69, 9.17) is 21.4 Å². The van der Waals surface area contributed by atoms with Crippen LogP contribution in [0.1, 0.15) is 12.5 Å². The fraction of sp³-hybridized carbons (Fsp3) is 0.500. The Balaban J connectivity index is 2.42. The van der Waals surface area contributed by atoms with Gasteiger partial charge in [0.2, 0.25) is 10.0 Å². The second-order valence-corrected chi connectivity index (χ2v) is 7.50. The molecular weight excluding hydrogens is 344 g/mol. The minimum atomic E-state index is -3.90. The molecule has 0 unspecified atom stereocenters. The summed E-state index contributed by atoms with van der Waals surface area (Å²) < 4.78 is 32.3. The van der Waals surface area contributed by atoms with E-state index < -0.39 is 22.0 Å². The lowest BCUT2D eigenvalue weighted by atomic mass is 10.2. The molecule has 0 aliphatic carbocycles. The van der Waals surface area contributed by atoms with Crippen LogP contribution in [0, 0.1) is 6.92 Å². The third-order valence-electron chi connectivity index (χ3n) is 3.58. The molecule has 1 heterocycles. The van der Waals surface area contributed by atoms with Crippen LogP contribution >= 0.6 is 11.6 Å². The summed E-state index contributed by atoms with van der Waals surface area (Å²) >= 11 is 6.07. The molecule has 0 spiro atoms. The minimum Gasteiger partial charge on any atom is -0.492 e. The maximum Gasteiger partial charge on any atom is 0.322 e. The van der Waals surface area contributed by atoms with Crippen molar-refractivity contribution in [2.75, 3.05) is 26.2 Å². The molecular formula is C14H19ClN2O5S. The fourth-order valence-electron chi connectivity index (χ4n) is 2.35. The summed E-state index contributed by atoms with van der Waals surface area (Å²) in [5, 5.41) is 12.2. The van der Waals surface area contributed by atoms with Crippen LogP contribution in [0.3, 0.4) is 0 Å². The number of carbonyl (C=O) groups is 1. The number of rotatable bonds is 5. The molecule has 1 aromatic rings. The van der Waals surface area contributed by atoms with Gasteiger partial charge < -0.3 is 15.2 Å². The van der Waals surface area contributed by atoms with Gasteiger partial charge in [0.1, 0.15) is 16.7 Å². The number of aliphatic carboxylic acids is 1. The van der Waals surface area contributed by atoms with Crippen LogP contribution in [0.15, 0.2) is 17.0 Å². The van der Waals surface area contributed by atoms with Gasteiger partial charge in [-0.1, -0.05) is 11.6 Å². The van der Waals surface area contributed by atoms with Gasteiger partial charge in [0.05, 0.1) is 6.61 Å². The molecule has 1 aliphatic heterocycles. The van der Waals surface area contributed by atoms with E-state index in [1.54, 1.807) is 19.9 Å². The molecule has 1 aromatic carbocycles. The molecule has 0 bridgehead atoms. The van der Waals surface area contributed by atoms with Crippen molar-refractivity contribution >= 4 is 27.6 Å². The van der Waals surface area contributed by atoms with Gasteiger partial charge in [-0.3, -0.25) is 4.79 Å². The number of benzene rings is 1. The zero-order chi connectivity index (χ0) is 17.2. The monoisotopic (exact) mass is 362 g/mol. The molecule has 128 valence electrons. The van der Waals surface area contributed by atoms with Crippen LogP contribution in [0.2, 0.25) is 5.02 Å². The predicted octanol–water partition coefficient (Wildman–Crippen LogP) is 1.09. The first kappa shape index (κ1) is 18.0. The summed E-state index contributed by atoms with van der Waals surface area (Å²) in [6, 6.07) is 2.00. The van der Waals surface area contributed by atoms with Gasteiger partial charge in [0.15, 0.2) is 0 Å². The Morgan fingerprint density at radius 2 is 2.22 bits per heavy atom. The Bertz CT molecular complexity index is 707. The van der Waals surface area contributed by atoms with E-state index in [-0.39, 0.29) is 30.3 Å². The van der Waals surface area contributed by atoms with Crippen LogP contribution in [0.5, 0.6) is 5.75 Å². The van der Waals surface area contributed by atoms with Crippen molar-refractivity contribution in [2.24, 2.45) is 0 Å². The average molecular weight is 363 g/mol. The first-order chi connectivity index (χ1) is 10.8. The van der Waals surface area contributed by atoms with E-state index in [0.29, 0.717) is 17.2 Å². The molecule has 2 N–H and O–H groups in total. The fourth-order valence-corrected chi connectivity index (χ4v) is 4.17. The molecule has 1 aliphatic rings. The number of ether oxygens (including phenoxy) is 1. The molecule has 0 radical (unpaired) electrons. The number of aryl methyl sites for hydroxylation is 1. The van der Waals surface area contributed by atoms with E-state index in [2.05, 4.69) is 5.32 Å². The van der Waals surface area contributed by atoms with Crippen molar-refractivity contribution in [1.82, 2.24) is 9.62 Å². The number of halogens is 1. The zero-order valence-electron chi connectivity index (χ0n) is 12.9. The smallest absolute Gasteiger partial charge is 0.322 e. The Labute approximate surface area is 140 Å². The second-order valence-electron chi connectivity index (χ2n) is 5.19. The highest BCUT2D eigenvalue weighted by Gasteiger charge is 2.35. The summed E-state index contributed by atoms with van der Waals surface area (Å²) in [6.45, 7) is 4.12. The third kappa shape index (κ3) is 3.77. The van der Waals surface area contributed by atoms with E-state index >= 15 is 0 Å². The maximum absolute atomic E-state index is 12.9. The Kier molecular flexibility index (Phi) is 5.51. The topological polar surface area (TPSA) is 95.9 Å². The lowest BCUT2D eigenvalue weighted by molar-refractivity contribution is -0.140. The second kappa shape index (κ2) is 7.04. The number of sulfonamides is 1. The van der Waals surface area contributed by atoms with Crippen molar-refractivity contribution in [2.45, 2.75) is 24.8 Å². The number of nitrogens with zero attached hydrogens (tertiary/aromatic N) is 1. The van der Waals surface area contributed by atoms with Crippen molar-refractivity contribution in [1.29, 1.82) is 0 Å². The number of carboxylic acid groups (broad SMARTS) is 1. The first-order valence-electron chi connectivity index (χ1n) is 7.16. The summed E-state index contributed by atoms with van der Waals surface area (Å²) in [7, 11) is -3.90. The van der Waals surface area contributed by atoms with Crippen molar-refractivity contribution in [3.8, 4) is 5.75 Å². The zero-order valence-corrected chi connectivity index (χ0v) is 14.4. The molecule has 9 heteroatoms. The molecule has 0 aromatic heterocycles. The van der Waals surface area contributed by atoms with Crippen molar-refractivity contribution in [3.05, 3.63) is 22.7 Å². The largest absolute Gasteiger partial charge is 0.492 e. The normalized spacial score (nSPS) is 19.5. The first-order valence-corrected chi connectivity index (χ1v) is 8.98. The summed E-state index contributed by atoms with van der Waals surface area (Å²) in [5.74, 6) is -0.864. The van der Waals surface area contributed by atoms with Crippen molar-refractivity contribution in [3.63, 3.8) is 0 Å². The van der Waals surface area contributed by atoms with Crippen LogP contribution in [-0.2, 0) is 14.8 Å². The van der Waals surface area contributed by atoms with Gasteiger partial charge in [-0.05, 0) is 31.5 Å². The molecule has 23 heavy (non-hydrogen) atoms. The van der Waals surface area contributed by atoms with E-state index in [1.165, 1.54) is 6.07 Å². The molecule has 1 saturated heterocycles. The number of hydrogen-bond acceptors (Lipinski definition) is 5. The van der Waals surface area contributed by atoms with Crippen LogP contribution in [0.4, 0.5) is 0 Å². The number of carboxylic acids is 1. The van der Waals surface area contributed by atoms with Crippen LogP contribution in [-0.4, -0.2) is 56.1 Å². The van der Waals surface area contributed by atoms with Gasteiger partial charge in [0.25, 0.3) is 0 Å². The van der Waals surface area contributed by atoms with Gasteiger partial charge in [-0.2, -0.15) is 4.31 Å². The minimum absolute atomic E-state index is 0.0408. The lowest BCUT2D eigenvalue weighted by Gasteiger charge is -2.31. The molecule has 2 rings (SSSR count). The van der Waals surface area contributed by atoms with Crippen LogP contribution in [0.25, 0.3) is 0 Å². The molecule has 0 saturated carbocycles. The number of piperazine rings is 1. The summed E-state index contributed by atoms with van der Waals surface area (Å²) in [4.78, 5) is 11.1. The number of nitrogens with one attached hydrogen (secondary N) is 1. The van der Waals surface area contributed by atoms with Crippen LogP contribution < -0.4 is 10.1 Å². The van der Waals surface area contributed by atoms with Gasteiger partial charge in [0, 0.05) is 24.7 Å². The average Bonchev–Trinajstić information content (AvgIpc) is 2.51. The molecule has 0 amide bonds. The standard InChI is InChI=1S/C14H19ClN2O5S/c1-3-22-12-6-9(2)10(15)7-13(12)23(20,21)17-5-4-16-11(8-17)14(18)19/h6-7,11,16H,3-5,8H2,1-2H3,(H,18,19)/t11-/m0/s1. The van der Waals surface area contributed by atoms with Gasteiger partial charge in [-0.15, -0.1) is 0 Å². The molecule has 1 fully saturated rings. The lowest BCUT2D eigenvalue weighted by Crippen LogP contribution is -2.55. The highest BCUT2D eigenvalue weighted by molar-refractivity contribution is 7.89. The highest BCUT2D eigenvalue weighted by atomic mass is 35.5. The Morgan fingerprint density at radius 1 is 1.52 bits per heavy atom. The summed E-state index contributed by atoms with van der Waals surface area (Å²) in [6.07, 6.45) is 0. The predicted molar refractivity (Wildman–Crippen MR) is 85.5 cm³/mol. The van der Waals surface area contributed by atoms with Gasteiger partial charge >= 0.3 is 5.97 Å². The van der Waals surface area contributed by atoms with Gasteiger partial charge in [-0.25, -0.2) is 8.42 Å². The Morgan fingerprint density at radius 3 is 2.83 bits per heavy atom. The van der Waals surface area contributed by atoms with Crippen molar-refractivity contribution < 1.29 is 23.1 Å². The van der Waals surface area contributed by atoms with E-state index in [9.17, 15) is 13.2 Å². The van der Waals surface area contributed by atoms with E-state index in [0.717, 1.165) is 4.31 Å². The SMILES string of the molecule is CCOc1cc(C)c(Cl)cc1S(=O)(=O)N1CCN[C@H](C(=O)O)C1. The molecule has 1 atom stereocenters. The Hall–Kier alpha value is -1.35.